The van der Waals surface area contributed by atoms with E-state index in [1.54, 1.807) is 24.3 Å². The fourth-order valence-electron chi connectivity index (χ4n) is 3.90. The van der Waals surface area contributed by atoms with E-state index in [2.05, 4.69) is 0 Å². The Kier molecular flexibility index (Phi) is 5.02. The average Bonchev–Trinajstić information content (AvgIpc) is 2.66. The maximum atomic E-state index is 12.8. The highest BCUT2D eigenvalue weighted by Crippen LogP contribution is 2.59. The lowest BCUT2D eigenvalue weighted by atomic mass is 9.47. The normalized spacial score (nSPS) is 23.2. The third-order valence-corrected chi connectivity index (χ3v) is 5.24. The molecule has 1 aliphatic carbocycles. The zero-order valence-corrected chi connectivity index (χ0v) is 14.9. The summed E-state index contributed by atoms with van der Waals surface area (Å²) in [5.74, 6) is -1.37. The first-order valence-electron chi connectivity index (χ1n) is 8.18. The molecule has 0 aromatic heterocycles. The number of methoxy groups -OCH3 is 1. The van der Waals surface area contributed by atoms with Gasteiger partial charge >= 0.3 is 0 Å². The van der Waals surface area contributed by atoms with Gasteiger partial charge in [0.25, 0.3) is 0 Å². The van der Waals surface area contributed by atoms with Crippen molar-refractivity contribution >= 4 is 5.78 Å². The van der Waals surface area contributed by atoms with Crippen molar-refractivity contribution in [2.24, 2.45) is 22.7 Å². The van der Waals surface area contributed by atoms with E-state index in [0.29, 0.717) is 11.3 Å². The molecule has 0 amide bonds. The number of ether oxygens (including phenoxy) is 1. The molecule has 0 heterocycles. The summed E-state index contributed by atoms with van der Waals surface area (Å²) in [6.07, 6.45) is -0.420. The van der Waals surface area contributed by atoms with E-state index in [1.165, 1.54) is 7.11 Å². The van der Waals surface area contributed by atoms with Gasteiger partial charge in [-0.25, -0.2) is 0 Å². The summed E-state index contributed by atoms with van der Waals surface area (Å²) in [6.45, 7) is 3.68. The van der Waals surface area contributed by atoms with E-state index in [0.717, 1.165) is 0 Å². The Hall–Kier alpha value is -3.35. The van der Waals surface area contributed by atoms with Crippen LogP contribution in [0.25, 0.3) is 0 Å². The molecule has 0 aliphatic heterocycles. The number of rotatable bonds is 3. The molecule has 0 saturated heterocycles. The largest absolute Gasteiger partial charge is 0.497 e. The number of carbonyl (C=O) groups is 1. The summed E-state index contributed by atoms with van der Waals surface area (Å²) in [5, 5.41) is 39.3. The molecule has 1 aromatic carbocycles. The molecule has 0 spiro atoms. The third-order valence-electron chi connectivity index (χ3n) is 5.24. The highest BCUT2D eigenvalue weighted by atomic mass is 16.5. The Bertz CT molecular complexity index is 847. The number of benzene rings is 1. The fraction of sp³-hybridized carbons (Fsp3) is 0.450. The van der Waals surface area contributed by atoms with Crippen molar-refractivity contribution in [2.45, 2.75) is 26.2 Å². The third kappa shape index (κ3) is 2.48. The van der Waals surface area contributed by atoms with Gasteiger partial charge in [-0.1, -0.05) is 26.0 Å². The van der Waals surface area contributed by atoms with E-state index >= 15 is 0 Å². The number of ketones is 1. The Balaban J connectivity index is 2.83. The van der Waals surface area contributed by atoms with Gasteiger partial charge in [0.1, 0.15) is 11.5 Å². The van der Waals surface area contributed by atoms with Gasteiger partial charge in [0, 0.05) is 18.3 Å². The van der Waals surface area contributed by atoms with E-state index < -0.39 is 29.1 Å². The molecule has 0 unspecified atom stereocenters. The highest BCUT2D eigenvalue weighted by Gasteiger charge is 2.66. The number of nitriles is 4. The summed E-state index contributed by atoms with van der Waals surface area (Å²) in [6, 6.07) is 14.3. The van der Waals surface area contributed by atoms with Gasteiger partial charge in [0.2, 0.25) is 0 Å². The van der Waals surface area contributed by atoms with Crippen molar-refractivity contribution in [3.63, 3.8) is 0 Å². The van der Waals surface area contributed by atoms with Gasteiger partial charge in [-0.15, -0.1) is 0 Å². The fourth-order valence-corrected chi connectivity index (χ4v) is 3.90. The lowest BCUT2D eigenvalue weighted by Crippen LogP contribution is -2.54. The number of hydrogen-bond acceptors (Lipinski definition) is 6. The topological polar surface area (TPSA) is 121 Å². The Morgan fingerprint density at radius 3 is 1.96 bits per heavy atom. The first-order valence-corrected chi connectivity index (χ1v) is 8.18. The van der Waals surface area contributed by atoms with Gasteiger partial charge in [0.05, 0.1) is 31.4 Å². The van der Waals surface area contributed by atoms with Crippen molar-refractivity contribution < 1.29 is 9.53 Å². The van der Waals surface area contributed by atoms with E-state index in [-0.39, 0.29) is 11.7 Å². The zero-order valence-electron chi connectivity index (χ0n) is 14.9. The minimum absolute atomic E-state index is 0.161. The van der Waals surface area contributed by atoms with Crippen molar-refractivity contribution in [3.8, 4) is 30.0 Å². The van der Waals surface area contributed by atoms with Crippen molar-refractivity contribution in [1.29, 1.82) is 21.0 Å². The Labute approximate surface area is 152 Å². The summed E-state index contributed by atoms with van der Waals surface area (Å²) >= 11 is 0. The van der Waals surface area contributed by atoms with E-state index in [9.17, 15) is 25.8 Å². The van der Waals surface area contributed by atoms with Crippen LogP contribution < -0.4 is 4.74 Å². The molecule has 0 bridgehead atoms. The summed E-state index contributed by atoms with van der Waals surface area (Å²) in [5.41, 5.74) is -3.40. The smallest absolute Gasteiger partial charge is 0.183 e. The molecule has 6 nitrogen and oxygen atoms in total. The minimum Gasteiger partial charge on any atom is -0.497 e. The maximum Gasteiger partial charge on any atom is 0.183 e. The summed E-state index contributed by atoms with van der Waals surface area (Å²) in [4.78, 5) is 12.8. The van der Waals surface area contributed by atoms with Crippen LogP contribution in [0, 0.1) is 68.0 Å². The lowest BCUT2D eigenvalue weighted by molar-refractivity contribution is -0.132. The second-order valence-electron chi connectivity index (χ2n) is 6.82. The van der Waals surface area contributed by atoms with Crippen LogP contribution in [0.1, 0.15) is 31.7 Å². The predicted octanol–water partition coefficient (Wildman–Crippen LogP) is 3.09. The van der Waals surface area contributed by atoms with Gasteiger partial charge in [-0.3, -0.25) is 4.79 Å². The number of hydrogen-bond donors (Lipinski definition) is 0. The first-order chi connectivity index (χ1) is 12.4. The molecule has 1 fully saturated rings. The second-order valence-corrected chi connectivity index (χ2v) is 6.82. The van der Waals surface area contributed by atoms with Crippen molar-refractivity contribution in [2.75, 3.05) is 7.11 Å². The molecule has 1 saturated carbocycles. The van der Waals surface area contributed by atoms with E-state index in [4.69, 9.17) is 4.74 Å². The van der Waals surface area contributed by atoms with Gasteiger partial charge in [-0.2, -0.15) is 21.0 Å². The lowest BCUT2D eigenvalue weighted by Gasteiger charge is -2.46. The highest BCUT2D eigenvalue weighted by molar-refractivity contribution is 5.86. The van der Waals surface area contributed by atoms with Crippen LogP contribution >= 0.6 is 0 Å². The molecule has 1 aliphatic rings. The SMILES string of the molecule is COc1ccc([C@@H]2[C@H](C(C)C)C(=O)CC(C#N)(C#N)C2(C#N)C#N)cc1. The standard InChI is InChI=1S/C20H18N4O2/c1-13(2)17-16(25)8-19(9-21,10-22)20(11-23,12-24)18(17)14-4-6-15(26-3)7-5-14/h4-7,13,17-18H,8H2,1-3H3/t17-,18-/m1/s1. The Morgan fingerprint density at radius 1 is 1.04 bits per heavy atom. The molecule has 0 N–H and O–H groups in total. The first kappa shape index (κ1) is 19.0. The summed E-state index contributed by atoms with van der Waals surface area (Å²) < 4.78 is 5.14. The van der Waals surface area contributed by atoms with Gasteiger partial charge in [0.15, 0.2) is 10.8 Å². The molecule has 130 valence electrons. The van der Waals surface area contributed by atoms with Crippen LogP contribution in [0.2, 0.25) is 0 Å². The molecule has 2 rings (SSSR count). The van der Waals surface area contributed by atoms with Gasteiger partial charge in [-0.05, 0) is 23.6 Å². The van der Waals surface area contributed by atoms with Crippen LogP contribution in [0.4, 0.5) is 0 Å². The minimum atomic E-state index is -2.01. The zero-order chi connectivity index (χ0) is 19.5. The monoisotopic (exact) mass is 346 g/mol. The van der Waals surface area contributed by atoms with Gasteiger partial charge < -0.3 is 4.74 Å². The van der Waals surface area contributed by atoms with Crippen LogP contribution in [0.3, 0.4) is 0 Å². The molecule has 0 radical (unpaired) electrons. The van der Waals surface area contributed by atoms with Crippen LogP contribution in [-0.2, 0) is 4.79 Å². The molecule has 6 heteroatoms. The van der Waals surface area contributed by atoms with Crippen LogP contribution in [0.5, 0.6) is 5.75 Å². The Morgan fingerprint density at radius 2 is 1.58 bits per heavy atom. The number of carbonyl (C=O) groups excluding carboxylic acids is 1. The number of nitrogens with zero attached hydrogens (tertiary/aromatic N) is 4. The number of Topliss-reactive ketones (excluding diaryl/α,β-unsaturated/α-hetero) is 1. The average molecular weight is 346 g/mol. The maximum absolute atomic E-state index is 12.8. The van der Waals surface area contributed by atoms with Crippen molar-refractivity contribution in [1.82, 2.24) is 0 Å². The summed E-state index contributed by atoms with van der Waals surface area (Å²) in [7, 11) is 1.52. The van der Waals surface area contributed by atoms with E-state index in [1.807, 2.05) is 38.1 Å². The molecule has 2 atom stereocenters. The molecular weight excluding hydrogens is 328 g/mol. The molecule has 1 aromatic rings. The second kappa shape index (κ2) is 6.87. The quantitative estimate of drug-likeness (QED) is 0.829. The van der Waals surface area contributed by atoms with Crippen LogP contribution in [-0.4, -0.2) is 12.9 Å². The predicted molar refractivity (Wildman–Crippen MR) is 91.0 cm³/mol. The molecule has 26 heavy (non-hydrogen) atoms. The van der Waals surface area contributed by atoms with Crippen LogP contribution in [0.15, 0.2) is 24.3 Å². The van der Waals surface area contributed by atoms with Crippen molar-refractivity contribution in [3.05, 3.63) is 29.8 Å². The molecular formula is C20H18N4O2.